The molecule has 2 rings (SSSR count). The average molecular weight is 403 g/mol. The van der Waals surface area contributed by atoms with Crippen LogP contribution in [0.4, 0.5) is 0 Å². The van der Waals surface area contributed by atoms with Gasteiger partial charge in [0, 0.05) is 5.56 Å². The fourth-order valence-electron chi connectivity index (χ4n) is 2.24. The second kappa shape index (κ2) is 10.7. The van der Waals surface area contributed by atoms with E-state index in [1.165, 1.54) is 25.5 Å². The maximum atomic E-state index is 12.2. The highest BCUT2D eigenvalue weighted by molar-refractivity contribution is 6.35. The summed E-state index contributed by atoms with van der Waals surface area (Å²) in [6, 6.07) is 7.96. The van der Waals surface area contributed by atoms with Crippen LogP contribution in [-0.4, -0.2) is 31.4 Å². The van der Waals surface area contributed by atoms with Crippen LogP contribution in [0.15, 0.2) is 41.0 Å². The zero-order chi connectivity index (χ0) is 21.2. The molecule has 0 saturated carbocycles. The molecule has 156 valence electrons. The highest BCUT2D eigenvalue weighted by atomic mass is 16.5. The van der Waals surface area contributed by atoms with Crippen molar-refractivity contribution < 1.29 is 28.3 Å². The second-order valence-electron chi connectivity index (χ2n) is 6.57. The monoisotopic (exact) mass is 403 g/mol. The molecule has 29 heavy (non-hydrogen) atoms. The molecule has 1 aromatic carbocycles. The Labute approximate surface area is 168 Å². The second-order valence-corrected chi connectivity index (χ2v) is 6.57. The van der Waals surface area contributed by atoms with Gasteiger partial charge in [0.05, 0.1) is 26.5 Å². The van der Waals surface area contributed by atoms with Gasteiger partial charge in [-0.25, -0.2) is 0 Å². The molecule has 1 heterocycles. The Hall–Kier alpha value is -3.49. The number of amides is 3. The van der Waals surface area contributed by atoms with Crippen molar-refractivity contribution >= 4 is 17.7 Å². The smallest absolute Gasteiger partial charge is 0.327 e. The van der Waals surface area contributed by atoms with Crippen molar-refractivity contribution in [2.24, 2.45) is 5.92 Å². The third kappa shape index (κ3) is 6.87. The summed E-state index contributed by atoms with van der Waals surface area (Å²) < 4.78 is 16.0. The molecular formula is C20H25N3O6. The van der Waals surface area contributed by atoms with Gasteiger partial charge in [0.1, 0.15) is 5.76 Å². The van der Waals surface area contributed by atoms with Gasteiger partial charge in [-0.1, -0.05) is 13.8 Å². The predicted octanol–water partition coefficient (Wildman–Crippen LogP) is 1.79. The number of hydrogen-bond acceptors (Lipinski definition) is 6. The summed E-state index contributed by atoms with van der Waals surface area (Å²) in [5, 5.41) is 2.37. The molecular weight excluding hydrogens is 378 g/mol. The summed E-state index contributed by atoms with van der Waals surface area (Å²) in [4.78, 5) is 35.7. The van der Waals surface area contributed by atoms with Crippen molar-refractivity contribution in [3.8, 4) is 11.5 Å². The maximum Gasteiger partial charge on any atom is 0.327 e. The molecule has 0 aliphatic rings. The minimum absolute atomic E-state index is 0.0582. The van der Waals surface area contributed by atoms with Crippen molar-refractivity contribution in [1.82, 2.24) is 16.2 Å². The Balaban J connectivity index is 1.85. The van der Waals surface area contributed by atoms with Crippen LogP contribution in [0.25, 0.3) is 0 Å². The Morgan fingerprint density at radius 2 is 1.86 bits per heavy atom. The van der Waals surface area contributed by atoms with E-state index in [0.29, 0.717) is 29.8 Å². The molecule has 0 unspecified atom stereocenters. The van der Waals surface area contributed by atoms with Crippen LogP contribution in [0.3, 0.4) is 0 Å². The summed E-state index contributed by atoms with van der Waals surface area (Å²) in [6.45, 7) is 4.78. The SMILES string of the molecule is COc1cc(C(=O)NNC(=O)C(=O)NCc2ccco2)ccc1OCCC(C)C. The number of hydrazine groups is 1. The lowest BCUT2D eigenvalue weighted by Gasteiger charge is -2.13. The lowest BCUT2D eigenvalue weighted by atomic mass is 10.1. The first-order chi connectivity index (χ1) is 13.9. The molecule has 0 spiro atoms. The van der Waals surface area contributed by atoms with E-state index in [4.69, 9.17) is 13.9 Å². The van der Waals surface area contributed by atoms with Crippen molar-refractivity contribution in [1.29, 1.82) is 0 Å². The maximum absolute atomic E-state index is 12.2. The molecule has 0 fully saturated rings. The molecule has 3 N–H and O–H groups in total. The number of carbonyl (C=O) groups excluding carboxylic acids is 3. The quantitative estimate of drug-likeness (QED) is 0.457. The van der Waals surface area contributed by atoms with E-state index in [9.17, 15) is 14.4 Å². The first kappa shape index (κ1) is 21.8. The molecule has 9 heteroatoms. The van der Waals surface area contributed by atoms with Crippen LogP contribution in [0.1, 0.15) is 36.4 Å². The number of benzene rings is 1. The number of furan rings is 1. The van der Waals surface area contributed by atoms with Crippen molar-refractivity contribution in [3.05, 3.63) is 47.9 Å². The molecule has 9 nitrogen and oxygen atoms in total. The lowest BCUT2D eigenvalue weighted by molar-refractivity contribution is -0.139. The topological polar surface area (TPSA) is 119 Å². The highest BCUT2D eigenvalue weighted by Crippen LogP contribution is 2.28. The number of hydrogen-bond donors (Lipinski definition) is 3. The molecule has 2 aromatic rings. The van der Waals surface area contributed by atoms with E-state index >= 15 is 0 Å². The minimum Gasteiger partial charge on any atom is -0.493 e. The largest absolute Gasteiger partial charge is 0.493 e. The minimum atomic E-state index is -1.01. The molecule has 0 radical (unpaired) electrons. The van der Waals surface area contributed by atoms with Gasteiger partial charge in [-0.15, -0.1) is 0 Å². The van der Waals surface area contributed by atoms with Crippen LogP contribution in [0, 0.1) is 5.92 Å². The zero-order valence-corrected chi connectivity index (χ0v) is 16.6. The number of rotatable bonds is 8. The van der Waals surface area contributed by atoms with Crippen molar-refractivity contribution in [2.75, 3.05) is 13.7 Å². The highest BCUT2D eigenvalue weighted by Gasteiger charge is 2.16. The van der Waals surface area contributed by atoms with Crippen LogP contribution in [-0.2, 0) is 16.1 Å². The number of carbonyl (C=O) groups is 3. The van der Waals surface area contributed by atoms with Gasteiger partial charge >= 0.3 is 11.8 Å². The Morgan fingerprint density at radius 1 is 1.07 bits per heavy atom. The molecule has 0 atom stereocenters. The third-order valence-corrected chi connectivity index (χ3v) is 3.88. The van der Waals surface area contributed by atoms with Crippen LogP contribution < -0.4 is 25.6 Å². The Morgan fingerprint density at radius 3 is 2.52 bits per heavy atom. The molecule has 0 bridgehead atoms. The average Bonchev–Trinajstić information content (AvgIpc) is 3.23. The van der Waals surface area contributed by atoms with Crippen molar-refractivity contribution in [3.63, 3.8) is 0 Å². The van der Waals surface area contributed by atoms with Crippen LogP contribution in [0.2, 0.25) is 0 Å². The Bertz CT molecular complexity index is 833. The van der Waals surface area contributed by atoms with E-state index in [2.05, 4.69) is 30.0 Å². The van der Waals surface area contributed by atoms with Gasteiger partial charge < -0.3 is 19.2 Å². The predicted molar refractivity (Wildman–Crippen MR) is 104 cm³/mol. The molecule has 1 aromatic heterocycles. The molecule has 0 saturated heterocycles. The van der Waals surface area contributed by atoms with E-state index in [-0.39, 0.29) is 12.1 Å². The van der Waals surface area contributed by atoms with Gasteiger partial charge in [-0.2, -0.15) is 0 Å². The standard InChI is InChI=1S/C20H25N3O6/c1-13(2)8-10-29-16-7-6-14(11-17(16)27-3)18(24)22-23-20(26)19(25)21-12-15-5-4-9-28-15/h4-7,9,11,13H,8,10,12H2,1-3H3,(H,21,25)(H,22,24)(H,23,26). The lowest BCUT2D eigenvalue weighted by Crippen LogP contribution is -2.48. The summed E-state index contributed by atoms with van der Waals surface area (Å²) in [5.41, 5.74) is 4.47. The Kier molecular flexibility index (Phi) is 8.08. The molecule has 0 aliphatic heterocycles. The normalized spacial score (nSPS) is 10.3. The molecule has 3 amide bonds. The third-order valence-electron chi connectivity index (χ3n) is 3.88. The fraction of sp³-hybridized carbons (Fsp3) is 0.350. The van der Waals surface area contributed by atoms with Crippen LogP contribution in [0.5, 0.6) is 11.5 Å². The number of methoxy groups -OCH3 is 1. The molecule has 0 aliphatic carbocycles. The van der Waals surface area contributed by atoms with Gasteiger partial charge in [0.15, 0.2) is 11.5 Å². The van der Waals surface area contributed by atoms with E-state index in [1.807, 2.05) is 0 Å². The fourth-order valence-corrected chi connectivity index (χ4v) is 2.24. The zero-order valence-electron chi connectivity index (χ0n) is 16.6. The summed E-state index contributed by atoms with van der Waals surface area (Å²) >= 11 is 0. The van der Waals surface area contributed by atoms with Gasteiger partial charge in [0.25, 0.3) is 5.91 Å². The van der Waals surface area contributed by atoms with Gasteiger partial charge in [-0.3, -0.25) is 25.2 Å². The number of ether oxygens (including phenoxy) is 2. The number of nitrogens with one attached hydrogen (secondary N) is 3. The first-order valence-electron chi connectivity index (χ1n) is 9.12. The summed E-state index contributed by atoms with van der Waals surface area (Å²) in [6.07, 6.45) is 2.34. The summed E-state index contributed by atoms with van der Waals surface area (Å²) in [7, 11) is 1.47. The van der Waals surface area contributed by atoms with E-state index in [1.54, 1.807) is 18.2 Å². The first-order valence-corrected chi connectivity index (χ1v) is 9.12. The van der Waals surface area contributed by atoms with Gasteiger partial charge in [-0.05, 0) is 42.7 Å². The van der Waals surface area contributed by atoms with Crippen molar-refractivity contribution in [2.45, 2.75) is 26.8 Å². The van der Waals surface area contributed by atoms with E-state index in [0.717, 1.165) is 6.42 Å². The summed E-state index contributed by atoms with van der Waals surface area (Å²) in [5.74, 6) is -0.609. The van der Waals surface area contributed by atoms with Crippen LogP contribution >= 0.6 is 0 Å². The van der Waals surface area contributed by atoms with E-state index < -0.39 is 17.7 Å². The van der Waals surface area contributed by atoms with Gasteiger partial charge in [0.2, 0.25) is 0 Å².